The Labute approximate surface area is 65.8 Å². The molecule has 0 aliphatic carbocycles. The third-order valence-electron chi connectivity index (χ3n) is 0.697. The summed E-state index contributed by atoms with van der Waals surface area (Å²) in [5.74, 6) is 0. The van der Waals surface area contributed by atoms with Gasteiger partial charge in [0.25, 0.3) is 0 Å². The van der Waals surface area contributed by atoms with Crippen LogP contribution in [-0.4, -0.2) is 13.2 Å². The molecule has 0 fully saturated rings. The maximum Gasteiger partial charge on any atom is 0.0463 e. The Balaban J connectivity index is 0. The summed E-state index contributed by atoms with van der Waals surface area (Å²) in [6.45, 7) is 11.6. The molecule has 0 aliphatic rings. The average molecular weight is 145 g/mol. The predicted octanol–water partition coefficient (Wildman–Crippen LogP) is 3.05. The van der Waals surface area contributed by atoms with Gasteiger partial charge in [0.2, 0.25) is 0 Å². The summed E-state index contributed by atoms with van der Waals surface area (Å²) >= 11 is 0. The van der Waals surface area contributed by atoms with E-state index in [1.807, 2.05) is 6.92 Å². The molecule has 0 aromatic heterocycles. The highest BCUT2D eigenvalue weighted by Crippen LogP contribution is 1.81. The van der Waals surface area contributed by atoms with Crippen LogP contribution in [0.5, 0.6) is 0 Å². The minimum Gasteiger partial charge on any atom is -0.381 e. The monoisotopic (exact) mass is 145 g/mol. The van der Waals surface area contributed by atoms with Crippen molar-refractivity contribution in [3.63, 3.8) is 0 Å². The zero-order chi connectivity index (χ0) is 8.24. The van der Waals surface area contributed by atoms with Gasteiger partial charge in [0.1, 0.15) is 0 Å². The Hall–Kier alpha value is -0.0400. The molecule has 0 saturated heterocycles. The third kappa shape index (κ3) is 24.6. The van der Waals surface area contributed by atoms with Crippen molar-refractivity contribution in [1.29, 1.82) is 0 Å². The Morgan fingerprint density at radius 1 is 1.00 bits per heavy atom. The first-order valence-corrected chi connectivity index (χ1v) is 4.20. The molecule has 0 heterocycles. The molecule has 0 aromatic rings. The van der Waals surface area contributed by atoms with E-state index in [1.54, 1.807) is 0 Å². The summed E-state index contributed by atoms with van der Waals surface area (Å²) in [5, 5.41) is 0. The van der Waals surface area contributed by atoms with Crippen molar-refractivity contribution in [2.24, 2.45) is 0 Å². The van der Waals surface area contributed by atoms with Gasteiger partial charge < -0.3 is 4.74 Å². The first-order chi connectivity index (χ1) is 4.83. The second-order valence-electron chi connectivity index (χ2n) is 2.11. The van der Waals surface area contributed by atoms with Crippen LogP contribution in [-0.2, 0) is 4.74 Å². The van der Waals surface area contributed by atoms with Crippen molar-refractivity contribution in [3.05, 3.63) is 6.92 Å². The summed E-state index contributed by atoms with van der Waals surface area (Å²) in [4.78, 5) is 0. The van der Waals surface area contributed by atoms with Gasteiger partial charge in [0.15, 0.2) is 0 Å². The van der Waals surface area contributed by atoms with Crippen LogP contribution in [0.15, 0.2) is 0 Å². The van der Waals surface area contributed by atoms with E-state index in [4.69, 9.17) is 4.74 Å². The van der Waals surface area contributed by atoms with Crippen LogP contribution >= 0.6 is 0 Å². The second kappa shape index (κ2) is 16.0. The van der Waals surface area contributed by atoms with Gasteiger partial charge in [-0.15, -0.1) is 0 Å². The van der Waals surface area contributed by atoms with E-state index in [9.17, 15) is 0 Å². The molecular weight excluding hydrogens is 124 g/mol. The van der Waals surface area contributed by atoms with Gasteiger partial charge in [-0.3, -0.25) is 0 Å². The molecule has 0 atom stereocenters. The topological polar surface area (TPSA) is 9.23 Å². The van der Waals surface area contributed by atoms with Gasteiger partial charge in [-0.1, -0.05) is 34.1 Å². The smallest absolute Gasteiger partial charge is 0.0463 e. The molecule has 0 aliphatic heterocycles. The average Bonchev–Trinajstić information content (AvgIpc) is 1.91. The highest BCUT2D eigenvalue weighted by atomic mass is 16.5. The Bertz CT molecular complexity index is 31.7. The van der Waals surface area contributed by atoms with E-state index in [-0.39, 0.29) is 0 Å². The van der Waals surface area contributed by atoms with Crippen molar-refractivity contribution in [2.75, 3.05) is 13.2 Å². The maximum absolute atomic E-state index is 5.13. The molecule has 0 N–H and O–H groups in total. The lowest BCUT2D eigenvalue weighted by Gasteiger charge is -1.95. The highest BCUT2D eigenvalue weighted by Gasteiger charge is 1.77. The quantitative estimate of drug-likeness (QED) is 0.552. The summed E-state index contributed by atoms with van der Waals surface area (Å²) in [6, 6.07) is 0. The number of hydrogen-bond acceptors (Lipinski definition) is 1. The third-order valence-corrected chi connectivity index (χ3v) is 0.697. The minimum absolute atomic E-state index is 0.924. The summed E-state index contributed by atoms with van der Waals surface area (Å²) in [5.41, 5.74) is 0. The minimum atomic E-state index is 0.924. The van der Waals surface area contributed by atoms with Crippen molar-refractivity contribution in [2.45, 2.75) is 40.0 Å². The van der Waals surface area contributed by atoms with Crippen LogP contribution in [0.3, 0.4) is 0 Å². The van der Waals surface area contributed by atoms with E-state index < -0.39 is 0 Å². The molecule has 0 spiro atoms. The van der Waals surface area contributed by atoms with Crippen molar-refractivity contribution in [3.8, 4) is 0 Å². The molecule has 0 aromatic carbocycles. The van der Waals surface area contributed by atoms with E-state index in [2.05, 4.69) is 20.8 Å². The molecule has 63 valence electrons. The van der Waals surface area contributed by atoms with Gasteiger partial charge >= 0.3 is 0 Å². The lowest BCUT2D eigenvalue weighted by molar-refractivity contribution is 0.135. The molecule has 1 nitrogen and oxygen atoms in total. The SMILES string of the molecule is CCCOCCC.[CH2]CC. The van der Waals surface area contributed by atoms with Crippen LogP contribution < -0.4 is 0 Å². The van der Waals surface area contributed by atoms with Gasteiger partial charge in [0, 0.05) is 13.2 Å². The van der Waals surface area contributed by atoms with Crippen LogP contribution in [0.4, 0.5) is 0 Å². The molecular formula is C9H21O. The Morgan fingerprint density at radius 3 is 1.50 bits per heavy atom. The standard InChI is InChI=1S/C6H14O.C3H7/c1-3-5-7-6-4-2;1-3-2/h3-6H2,1-2H3;1,3H2,2H3. The zero-order valence-electron chi connectivity index (χ0n) is 7.65. The summed E-state index contributed by atoms with van der Waals surface area (Å²) in [7, 11) is 0. The summed E-state index contributed by atoms with van der Waals surface area (Å²) in [6.07, 6.45) is 3.28. The van der Waals surface area contributed by atoms with E-state index >= 15 is 0 Å². The van der Waals surface area contributed by atoms with Crippen LogP contribution in [0.1, 0.15) is 40.0 Å². The highest BCUT2D eigenvalue weighted by molar-refractivity contribution is 4.25. The molecule has 10 heavy (non-hydrogen) atoms. The fraction of sp³-hybridized carbons (Fsp3) is 0.889. The molecule has 1 heteroatoms. The summed E-state index contributed by atoms with van der Waals surface area (Å²) < 4.78 is 5.13. The molecule has 1 radical (unpaired) electrons. The van der Waals surface area contributed by atoms with Crippen LogP contribution in [0.25, 0.3) is 0 Å². The van der Waals surface area contributed by atoms with E-state index in [0.717, 1.165) is 32.5 Å². The lowest BCUT2D eigenvalue weighted by Crippen LogP contribution is -1.92. The fourth-order valence-electron chi connectivity index (χ4n) is 0.391. The first kappa shape index (κ1) is 12.6. The lowest BCUT2D eigenvalue weighted by atomic mass is 10.5. The van der Waals surface area contributed by atoms with Crippen LogP contribution in [0, 0.1) is 6.92 Å². The molecule has 0 bridgehead atoms. The molecule has 0 amide bonds. The first-order valence-electron chi connectivity index (χ1n) is 4.20. The fourth-order valence-corrected chi connectivity index (χ4v) is 0.391. The molecule has 0 saturated carbocycles. The second-order valence-corrected chi connectivity index (χ2v) is 2.11. The van der Waals surface area contributed by atoms with Crippen molar-refractivity contribution >= 4 is 0 Å². The van der Waals surface area contributed by atoms with Crippen molar-refractivity contribution < 1.29 is 4.74 Å². The van der Waals surface area contributed by atoms with Crippen molar-refractivity contribution in [1.82, 2.24) is 0 Å². The largest absolute Gasteiger partial charge is 0.381 e. The maximum atomic E-state index is 5.13. The van der Waals surface area contributed by atoms with Crippen LogP contribution in [0.2, 0.25) is 0 Å². The van der Waals surface area contributed by atoms with Gasteiger partial charge in [0.05, 0.1) is 0 Å². The molecule has 0 unspecified atom stereocenters. The number of hydrogen-bond donors (Lipinski definition) is 0. The van der Waals surface area contributed by atoms with E-state index in [0.29, 0.717) is 0 Å². The predicted molar refractivity (Wildman–Crippen MR) is 47.0 cm³/mol. The normalized spacial score (nSPS) is 8.40. The Kier molecular flexibility index (Phi) is 20.2. The number of rotatable bonds is 4. The van der Waals surface area contributed by atoms with E-state index in [1.165, 1.54) is 0 Å². The van der Waals surface area contributed by atoms with Gasteiger partial charge in [-0.25, -0.2) is 0 Å². The molecule has 0 rings (SSSR count). The number of ether oxygens (including phenoxy) is 1. The van der Waals surface area contributed by atoms with Gasteiger partial charge in [-0.05, 0) is 12.8 Å². The van der Waals surface area contributed by atoms with Gasteiger partial charge in [-0.2, -0.15) is 0 Å². The zero-order valence-corrected chi connectivity index (χ0v) is 7.65. The Morgan fingerprint density at radius 2 is 1.30 bits per heavy atom.